The van der Waals surface area contributed by atoms with Crippen LogP contribution in [0.4, 0.5) is 0 Å². The molecule has 0 saturated carbocycles. The van der Waals surface area contributed by atoms with E-state index in [-0.39, 0.29) is 5.91 Å². The van der Waals surface area contributed by atoms with Crippen LogP contribution in [-0.4, -0.2) is 34.5 Å². The monoisotopic (exact) mass is 350 g/mol. The molecular formula is C16H18N2OS3. The molecule has 1 aromatic carbocycles. The third kappa shape index (κ3) is 3.58. The number of rotatable bonds is 3. The first-order valence-corrected chi connectivity index (χ1v) is 10.6. The zero-order valence-corrected chi connectivity index (χ0v) is 14.7. The molecule has 2 saturated heterocycles. The van der Waals surface area contributed by atoms with Gasteiger partial charge in [-0.1, -0.05) is 12.1 Å². The van der Waals surface area contributed by atoms with E-state index in [9.17, 15) is 10.1 Å². The Morgan fingerprint density at radius 3 is 2.55 bits per heavy atom. The Hall–Kier alpha value is -0.770. The molecule has 0 spiro atoms. The Kier molecular flexibility index (Phi) is 5.27. The fourth-order valence-electron chi connectivity index (χ4n) is 2.54. The fraction of sp³-hybridized carbons (Fsp3) is 0.500. The van der Waals surface area contributed by atoms with Crippen LogP contribution in [0.15, 0.2) is 24.3 Å². The Morgan fingerprint density at radius 1 is 1.23 bits per heavy atom. The summed E-state index contributed by atoms with van der Waals surface area (Å²) in [5.41, 5.74) is 1.23. The minimum Gasteiger partial charge on any atom is -0.333 e. The van der Waals surface area contributed by atoms with Gasteiger partial charge in [-0.2, -0.15) is 17.0 Å². The van der Waals surface area contributed by atoms with Crippen molar-refractivity contribution in [2.45, 2.75) is 23.0 Å². The van der Waals surface area contributed by atoms with E-state index in [1.165, 1.54) is 23.5 Å². The highest BCUT2D eigenvalue weighted by molar-refractivity contribution is 8.16. The average molecular weight is 351 g/mol. The molecule has 1 N–H and O–H groups in total. The van der Waals surface area contributed by atoms with Crippen molar-refractivity contribution < 1.29 is 4.79 Å². The minimum absolute atomic E-state index is 0.139. The SMILES string of the molecule is N#CC1(NC(=O)c2ccc(C3SCCCS3)cc2)CCSC1. The number of benzene rings is 1. The highest BCUT2D eigenvalue weighted by Gasteiger charge is 2.36. The molecule has 1 aromatic rings. The standard InChI is InChI=1S/C16H18N2OS3/c17-10-16(6-9-20-11-16)18-14(19)12-2-4-13(5-3-12)15-21-7-1-8-22-15/h2-5,15H,1,6-9,11H2,(H,18,19). The maximum absolute atomic E-state index is 12.4. The van der Waals surface area contributed by atoms with Gasteiger partial charge in [0.2, 0.25) is 0 Å². The van der Waals surface area contributed by atoms with Crippen LogP contribution in [-0.2, 0) is 0 Å². The maximum Gasteiger partial charge on any atom is 0.252 e. The van der Waals surface area contributed by atoms with Gasteiger partial charge >= 0.3 is 0 Å². The van der Waals surface area contributed by atoms with Crippen LogP contribution in [0.5, 0.6) is 0 Å². The van der Waals surface area contributed by atoms with Gasteiger partial charge < -0.3 is 5.32 Å². The van der Waals surface area contributed by atoms with Crippen molar-refractivity contribution in [1.29, 1.82) is 5.26 Å². The lowest BCUT2D eigenvalue weighted by atomic mass is 10.0. The quantitative estimate of drug-likeness (QED) is 0.901. The summed E-state index contributed by atoms with van der Waals surface area (Å²) in [7, 11) is 0. The molecule has 6 heteroatoms. The second-order valence-corrected chi connectivity index (χ2v) is 9.33. The lowest BCUT2D eigenvalue weighted by Crippen LogP contribution is -2.47. The smallest absolute Gasteiger partial charge is 0.252 e. The van der Waals surface area contributed by atoms with Gasteiger partial charge in [0.15, 0.2) is 0 Å². The molecule has 116 valence electrons. The van der Waals surface area contributed by atoms with Gasteiger partial charge in [-0.05, 0) is 47.8 Å². The van der Waals surface area contributed by atoms with Gasteiger partial charge in [-0.25, -0.2) is 0 Å². The number of nitriles is 1. The zero-order valence-electron chi connectivity index (χ0n) is 12.2. The maximum atomic E-state index is 12.4. The molecule has 0 aliphatic carbocycles. The summed E-state index contributed by atoms with van der Waals surface area (Å²) in [5.74, 6) is 3.90. The van der Waals surface area contributed by atoms with Crippen LogP contribution in [0, 0.1) is 11.3 Å². The summed E-state index contributed by atoms with van der Waals surface area (Å²) >= 11 is 5.67. The van der Waals surface area contributed by atoms with Crippen LogP contribution in [0.2, 0.25) is 0 Å². The largest absolute Gasteiger partial charge is 0.333 e. The summed E-state index contributed by atoms with van der Waals surface area (Å²) in [6.07, 6.45) is 2.01. The Bertz CT molecular complexity index is 570. The first-order valence-electron chi connectivity index (χ1n) is 7.37. The van der Waals surface area contributed by atoms with Crippen molar-refractivity contribution in [3.63, 3.8) is 0 Å². The van der Waals surface area contributed by atoms with E-state index in [4.69, 9.17) is 0 Å². The second-order valence-electron chi connectivity index (χ2n) is 5.50. The third-order valence-electron chi connectivity index (χ3n) is 3.86. The molecule has 2 aliphatic heterocycles. The highest BCUT2D eigenvalue weighted by atomic mass is 32.2. The first kappa shape index (κ1) is 16.1. The zero-order chi connectivity index (χ0) is 15.4. The van der Waals surface area contributed by atoms with Crippen molar-refractivity contribution in [2.24, 2.45) is 0 Å². The summed E-state index contributed by atoms with van der Waals surface area (Å²) in [6, 6.07) is 10.1. The molecule has 0 radical (unpaired) electrons. The number of carbonyl (C=O) groups is 1. The summed E-state index contributed by atoms with van der Waals surface area (Å²) in [6.45, 7) is 0. The van der Waals surface area contributed by atoms with E-state index in [1.807, 2.05) is 47.8 Å². The summed E-state index contributed by atoms with van der Waals surface area (Å²) in [5, 5.41) is 12.3. The van der Waals surface area contributed by atoms with Gasteiger partial charge in [0.05, 0.1) is 10.7 Å². The number of hydrogen-bond donors (Lipinski definition) is 1. The van der Waals surface area contributed by atoms with Crippen LogP contribution >= 0.6 is 35.3 Å². The van der Waals surface area contributed by atoms with Gasteiger partial charge in [0.25, 0.3) is 5.91 Å². The van der Waals surface area contributed by atoms with Crippen molar-refractivity contribution in [1.82, 2.24) is 5.32 Å². The molecule has 2 heterocycles. The Morgan fingerprint density at radius 2 is 1.95 bits per heavy atom. The predicted octanol–water partition coefficient (Wildman–Crippen LogP) is 3.68. The Labute approximate surface area is 144 Å². The first-order chi connectivity index (χ1) is 10.7. The molecule has 1 unspecified atom stereocenters. The summed E-state index contributed by atoms with van der Waals surface area (Å²) in [4.78, 5) is 12.4. The molecule has 3 nitrogen and oxygen atoms in total. The number of nitrogens with zero attached hydrogens (tertiary/aromatic N) is 1. The van der Waals surface area contributed by atoms with Gasteiger partial charge in [0, 0.05) is 11.3 Å². The molecule has 2 aliphatic rings. The molecule has 2 fully saturated rings. The highest BCUT2D eigenvalue weighted by Crippen LogP contribution is 2.43. The molecule has 1 amide bonds. The van der Waals surface area contributed by atoms with Crippen LogP contribution in [0.3, 0.4) is 0 Å². The fourth-order valence-corrected chi connectivity index (χ4v) is 6.70. The molecule has 3 rings (SSSR count). The van der Waals surface area contributed by atoms with Crippen molar-refractivity contribution in [3.8, 4) is 6.07 Å². The number of thioether (sulfide) groups is 3. The third-order valence-corrected chi connectivity index (χ3v) is 8.07. The number of nitrogens with one attached hydrogen (secondary N) is 1. The molecule has 22 heavy (non-hydrogen) atoms. The lowest BCUT2D eigenvalue weighted by molar-refractivity contribution is 0.0926. The van der Waals surface area contributed by atoms with E-state index in [0.717, 1.165) is 12.2 Å². The van der Waals surface area contributed by atoms with E-state index >= 15 is 0 Å². The van der Waals surface area contributed by atoms with Crippen molar-refractivity contribution in [3.05, 3.63) is 35.4 Å². The average Bonchev–Trinajstić information content (AvgIpc) is 3.05. The van der Waals surface area contributed by atoms with E-state index in [2.05, 4.69) is 11.4 Å². The summed E-state index contributed by atoms with van der Waals surface area (Å²) < 4.78 is 0.488. The molecule has 0 aromatic heterocycles. The van der Waals surface area contributed by atoms with E-state index in [0.29, 0.717) is 15.9 Å². The lowest BCUT2D eigenvalue weighted by Gasteiger charge is -2.22. The topological polar surface area (TPSA) is 52.9 Å². The number of hydrogen-bond acceptors (Lipinski definition) is 5. The van der Waals surface area contributed by atoms with Crippen LogP contribution in [0.1, 0.15) is 33.3 Å². The van der Waals surface area contributed by atoms with Gasteiger partial charge in [0.1, 0.15) is 5.54 Å². The molecular weight excluding hydrogens is 332 g/mol. The van der Waals surface area contributed by atoms with E-state index in [1.54, 1.807) is 11.8 Å². The van der Waals surface area contributed by atoms with Crippen LogP contribution in [0.25, 0.3) is 0 Å². The van der Waals surface area contributed by atoms with Crippen LogP contribution < -0.4 is 5.32 Å². The minimum atomic E-state index is -0.685. The van der Waals surface area contributed by atoms with E-state index < -0.39 is 5.54 Å². The van der Waals surface area contributed by atoms with Gasteiger partial charge in [-0.3, -0.25) is 4.79 Å². The number of carbonyl (C=O) groups excluding carboxylic acids is 1. The normalized spacial score (nSPS) is 25.6. The number of amides is 1. The molecule has 1 atom stereocenters. The van der Waals surface area contributed by atoms with Crippen molar-refractivity contribution in [2.75, 3.05) is 23.0 Å². The molecule has 0 bridgehead atoms. The predicted molar refractivity (Wildman–Crippen MR) is 96.5 cm³/mol. The van der Waals surface area contributed by atoms with Crippen molar-refractivity contribution >= 4 is 41.2 Å². The second kappa shape index (κ2) is 7.20. The Balaban J connectivity index is 1.67. The van der Waals surface area contributed by atoms with Gasteiger partial charge in [-0.15, -0.1) is 23.5 Å².